The SMILES string of the molecule is CCCCC[C@@H]1CC(OP(=O)(O)OP(=O)(O)OP(=O)(O)O)[C@H](n2cc(C)c(=O)[nH]c2=O)O1. The molecule has 5 N–H and O–H groups in total. The van der Waals surface area contributed by atoms with E-state index in [1.54, 1.807) is 0 Å². The van der Waals surface area contributed by atoms with E-state index in [0.29, 0.717) is 6.42 Å². The molecule has 1 saturated heterocycles. The summed E-state index contributed by atoms with van der Waals surface area (Å²) in [6.07, 6.45) is 0.985. The van der Waals surface area contributed by atoms with E-state index in [0.717, 1.165) is 30.0 Å². The molecule has 5 atom stereocenters. The third-order valence-corrected chi connectivity index (χ3v) is 8.24. The van der Waals surface area contributed by atoms with Crippen LogP contribution in [0.5, 0.6) is 0 Å². The zero-order valence-corrected chi connectivity index (χ0v) is 19.8. The lowest BCUT2D eigenvalue weighted by Gasteiger charge is -2.23. The predicted molar refractivity (Wildman–Crippen MR) is 107 cm³/mol. The van der Waals surface area contributed by atoms with Crippen molar-refractivity contribution in [3.8, 4) is 0 Å². The molecular formula is C14H25N2O13P3. The average molecular weight is 522 g/mol. The molecule has 0 radical (unpaired) electrons. The fraction of sp³-hybridized carbons (Fsp3) is 0.714. The van der Waals surface area contributed by atoms with E-state index in [1.165, 1.54) is 6.92 Å². The molecule has 0 amide bonds. The Morgan fingerprint density at radius 2 is 1.78 bits per heavy atom. The monoisotopic (exact) mass is 522 g/mol. The molecule has 0 bridgehead atoms. The highest BCUT2D eigenvalue weighted by molar-refractivity contribution is 7.66. The fourth-order valence-electron chi connectivity index (χ4n) is 3.11. The minimum absolute atomic E-state index is 0.0258. The molecule has 0 aromatic carbocycles. The van der Waals surface area contributed by atoms with Crippen molar-refractivity contribution in [1.29, 1.82) is 0 Å². The molecule has 2 heterocycles. The largest absolute Gasteiger partial charge is 0.490 e. The highest BCUT2D eigenvalue weighted by Gasteiger charge is 2.46. The topological polar surface area (TPSA) is 224 Å². The lowest BCUT2D eigenvalue weighted by atomic mass is 10.1. The molecular weight excluding hydrogens is 497 g/mol. The highest BCUT2D eigenvalue weighted by atomic mass is 31.3. The number of rotatable bonds is 11. The lowest BCUT2D eigenvalue weighted by Crippen LogP contribution is -2.36. The van der Waals surface area contributed by atoms with Crippen LogP contribution in [0.3, 0.4) is 0 Å². The predicted octanol–water partition coefficient (Wildman–Crippen LogP) is 1.42. The normalized spacial score (nSPS) is 25.4. The maximum Gasteiger partial charge on any atom is 0.490 e. The van der Waals surface area contributed by atoms with E-state index in [4.69, 9.17) is 19.0 Å². The number of nitrogens with zero attached hydrogens (tertiary/aromatic N) is 1. The van der Waals surface area contributed by atoms with Crippen LogP contribution in [0.4, 0.5) is 0 Å². The van der Waals surface area contributed by atoms with E-state index < -0.39 is 53.2 Å². The quantitative estimate of drug-likeness (QED) is 0.205. The van der Waals surface area contributed by atoms with Gasteiger partial charge in [0.1, 0.15) is 6.10 Å². The first-order valence-electron chi connectivity index (χ1n) is 9.42. The summed E-state index contributed by atoms with van der Waals surface area (Å²) >= 11 is 0. The van der Waals surface area contributed by atoms with Gasteiger partial charge < -0.3 is 24.3 Å². The van der Waals surface area contributed by atoms with Crippen molar-refractivity contribution < 1.29 is 51.2 Å². The van der Waals surface area contributed by atoms with Gasteiger partial charge in [0, 0.05) is 18.2 Å². The average Bonchev–Trinajstić information content (AvgIpc) is 2.96. The minimum atomic E-state index is -5.70. The number of hydrogen-bond acceptors (Lipinski definition) is 9. The number of nitrogens with one attached hydrogen (secondary N) is 1. The van der Waals surface area contributed by atoms with Crippen LogP contribution in [0.2, 0.25) is 0 Å². The molecule has 18 heteroatoms. The number of unbranched alkanes of at least 4 members (excludes halogenated alkanes) is 2. The van der Waals surface area contributed by atoms with Gasteiger partial charge in [-0.1, -0.05) is 26.2 Å². The molecule has 15 nitrogen and oxygen atoms in total. The van der Waals surface area contributed by atoms with Crippen molar-refractivity contribution >= 4 is 23.5 Å². The van der Waals surface area contributed by atoms with Gasteiger partial charge in [-0.15, -0.1) is 0 Å². The molecule has 1 aliphatic heterocycles. The zero-order valence-electron chi connectivity index (χ0n) is 17.1. The molecule has 1 aromatic rings. The Balaban J connectivity index is 2.28. The summed E-state index contributed by atoms with van der Waals surface area (Å²) in [6.45, 7) is 3.40. The summed E-state index contributed by atoms with van der Waals surface area (Å²) in [5.74, 6) is 0. The third-order valence-electron chi connectivity index (χ3n) is 4.38. The van der Waals surface area contributed by atoms with Crippen molar-refractivity contribution in [2.75, 3.05) is 0 Å². The van der Waals surface area contributed by atoms with Gasteiger partial charge in [0.2, 0.25) is 0 Å². The van der Waals surface area contributed by atoms with Crippen molar-refractivity contribution in [2.24, 2.45) is 0 Å². The molecule has 3 unspecified atom stereocenters. The van der Waals surface area contributed by atoms with E-state index in [9.17, 15) is 33.1 Å². The van der Waals surface area contributed by atoms with E-state index in [1.807, 2.05) is 6.92 Å². The first-order chi connectivity index (χ1) is 14.6. The summed E-state index contributed by atoms with van der Waals surface area (Å²) in [4.78, 5) is 62.4. The zero-order chi connectivity index (χ0) is 24.3. The Morgan fingerprint density at radius 1 is 1.12 bits per heavy atom. The van der Waals surface area contributed by atoms with Gasteiger partial charge in [0.05, 0.1) is 6.10 Å². The molecule has 1 aliphatic rings. The van der Waals surface area contributed by atoms with Gasteiger partial charge in [-0.25, -0.2) is 18.5 Å². The van der Waals surface area contributed by atoms with Crippen LogP contribution in [0.15, 0.2) is 15.8 Å². The van der Waals surface area contributed by atoms with Crippen LogP contribution >= 0.6 is 23.5 Å². The third kappa shape index (κ3) is 8.12. The second kappa shape index (κ2) is 10.5. The first-order valence-corrected chi connectivity index (χ1v) is 13.9. The van der Waals surface area contributed by atoms with E-state index in [-0.39, 0.29) is 12.0 Å². The number of aromatic amines is 1. The maximum atomic E-state index is 12.3. The molecule has 0 saturated carbocycles. The van der Waals surface area contributed by atoms with Gasteiger partial charge in [0.15, 0.2) is 6.23 Å². The first kappa shape index (κ1) is 27.3. The van der Waals surface area contributed by atoms with Crippen molar-refractivity contribution in [3.05, 3.63) is 32.6 Å². The van der Waals surface area contributed by atoms with Crippen LogP contribution < -0.4 is 11.2 Å². The summed E-state index contributed by atoms with van der Waals surface area (Å²) in [6, 6.07) is 0. The Labute approximate surface area is 181 Å². The number of hydrogen-bond donors (Lipinski definition) is 5. The number of H-pyrrole nitrogens is 1. The molecule has 0 spiro atoms. The summed E-state index contributed by atoms with van der Waals surface area (Å²) in [7, 11) is -16.7. The van der Waals surface area contributed by atoms with Crippen molar-refractivity contribution in [1.82, 2.24) is 9.55 Å². The highest BCUT2D eigenvalue weighted by Crippen LogP contribution is 2.67. The molecule has 32 heavy (non-hydrogen) atoms. The van der Waals surface area contributed by atoms with Crippen LogP contribution in [0.25, 0.3) is 0 Å². The Hall–Kier alpha value is -0.950. The molecule has 2 rings (SSSR count). The maximum absolute atomic E-state index is 12.3. The number of phosphoric ester groups is 1. The van der Waals surface area contributed by atoms with Crippen molar-refractivity contribution in [2.45, 2.75) is 64.4 Å². The number of phosphoric acid groups is 3. The summed E-state index contributed by atoms with van der Waals surface area (Å²) < 4.78 is 53.7. The standard InChI is InChI=1S/C14H25N2O13P3/c1-3-4-5-6-10-7-11(13(26-10)16-8-9(2)12(17)15-14(16)18)27-31(22,23)29-32(24,25)28-30(19,20)21/h8,10-11,13H,3-7H2,1-2H3,(H,22,23)(H,24,25)(H,15,17,18)(H2,19,20,21)/t10-,11?,13-/m1/s1. The van der Waals surface area contributed by atoms with Gasteiger partial charge in [-0.2, -0.15) is 8.62 Å². The smallest absolute Gasteiger partial charge is 0.352 e. The molecule has 1 aromatic heterocycles. The van der Waals surface area contributed by atoms with Gasteiger partial charge in [-0.3, -0.25) is 18.9 Å². The van der Waals surface area contributed by atoms with E-state index >= 15 is 0 Å². The Morgan fingerprint density at radius 3 is 2.38 bits per heavy atom. The number of ether oxygens (including phenoxy) is 1. The van der Waals surface area contributed by atoms with Gasteiger partial charge in [-0.05, 0) is 13.3 Å². The van der Waals surface area contributed by atoms with E-state index in [2.05, 4.69) is 13.6 Å². The van der Waals surface area contributed by atoms with Crippen LogP contribution in [0.1, 0.15) is 50.8 Å². The Kier molecular flexibility index (Phi) is 8.99. The number of aromatic nitrogens is 2. The second-order valence-electron chi connectivity index (χ2n) is 7.09. The molecule has 0 aliphatic carbocycles. The van der Waals surface area contributed by atoms with Gasteiger partial charge >= 0.3 is 29.2 Å². The van der Waals surface area contributed by atoms with Crippen LogP contribution in [0, 0.1) is 6.92 Å². The van der Waals surface area contributed by atoms with Gasteiger partial charge in [0.25, 0.3) is 5.56 Å². The summed E-state index contributed by atoms with van der Waals surface area (Å²) in [5, 5.41) is 0. The molecule has 184 valence electrons. The van der Waals surface area contributed by atoms with Crippen molar-refractivity contribution in [3.63, 3.8) is 0 Å². The van der Waals surface area contributed by atoms with Crippen LogP contribution in [-0.4, -0.2) is 41.3 Å². The van der Waals surface area contributed by atoms with Crippen LogP contribution in [-0.2, 0) is 31.6 Å². The Bertz CT molecular complexity index is 1060. The number of aryl methyl sites for hydroxylation is 1. The minimum Gasteiger partial charge on any atom is -0.352 e. The fourth-order valence-corrected chi connectivity index (χ4v) is 6.30. The second-order valence-corrected chi connectivity index (χ2v) is 11.5. The molecule has 1 fully saturated rings. The lowest BCUT2D eigenvalue weighted by molar-refractivity contribution is -0.0412. The summed E-state index contributed by atoms with van der Waals surface area (Å²) in [5.41, 5.74) is -1.40.